The Morgan fingerprint density at radius 2 is 2.12 bits per heavy atom. The lowest BCUT2D eigenvalue weighted by molar-refractivity contribution is 1.10. The largest absolute Gasteiger partial charge is 0.382 e. The Morgan fingerprint density at radius 1 is 1.25 bits per heavy atom. The molecule has 0 atom stereocenters. The first kappa shape index (κ1) is 9.30. The minimum Gasteiger partial charge on any atom is -0.382 e. The van der Waals surface area contributed by atoms with E-state index in [0.717, 1.165) is 22.2 Å². The number of aromatic nitrogens is 3. The Hall–Kier alpha value is -1.94. The number of aromatic amines is 2. The number of nitrogens with zero attached hydrogens (tertiary/aromatic N) is 1. The molecule has 16 heavy (non-hydrogen) atoms. The number of H-pyrrole nitrogens is 2. The van der Waals surface area contributed by atoms with E-state index in [2.05, 4.69) is 15.2 Å². The molecule has 3 rings (SSSR count). The molecule has 0 amide bonds. The Bertz CT molecular complexity index is 653. The number of rotatable bonds is 1. The van der Waals surface area contributed by atoms with Gasteiger partial charge in [0.2, 0.25) is 0 Å². The highest BCUT2D eigenvalue weighted by molar-refractivity contribution is 6.35. The van der Waals surface area contributed by atoms with Crippen molar-refractivity contribution in [1.29, 1.82) is 0 Å². The second-order valence-corrected chi connectivity index (χ2v) is 4.01. The van der Waals surface area contributed by atoms with Crippen LogP contribution in [0.2, 0.25) is 5.02 Å². The van der Waals surface area contributed by atoms with Gasteiger partial charge in [0.1, 0.15) is 5.82 Å². The highest BCUT2D eigenvalue weighted by Crippen LogP contribution is 2.28. The number of nitrogens with two attached hydrogens (primary N) is 1. The van der Waals surface area contributed by atoms with Gasteiger partial charge in [-0.15, -0.1) is 0 Å². The van der Waals surface area contributed by atoms with Crippen LogP contribution in [-0.4, -0.2) is 15.2 Å². The van der Waals surface area contributed by atoms with Gasteiger partial charge in [0, 0.05) is 28.7 Å². The minimum absolute atomic E-state index is 0.482. The van der Waals surface area contributed by atoms with Crippen molar-refractivity contribution in [2.75, 3.05) is 5.73 Å². The molecular weight excluding hydrogens is 224 g/mol. The molecule has 0 radical (unpaired) electrons. The van der Waals surface area contributed by atoms with Crippen molar-refractivity contribution in [3.05, 3.63) is 35.5 Å². The topological polar surface area (TPSA) is 70.5 Å². The van der Waals surface area contributed by atoms with Crippen LogP contribution in [0.1, 0.15) is 0 Å². The standard InChI is InChI=1S/C11H9ClN4/c12-8-5-14-9-2-1-6(3-7(8)9)10-4-11(13)16-15-10/h1-5,14H,(H3,13,15,16). The number of anilines is 1. The van der Waals surface area contributed by atoms with E-state index in [-0.39, 0.29) is 0 Å². The molecule has 4 N–H and O–H groups in total. The molecule has 3 aromatic rings. The van der Waals surface area contributed by atoms with E-state index in [4.69, 9.17) is 17.3 Å². The van der Waals surface area contributed by atoms with Crippen molar-refractivity contribution in [2.45, 2.75) is 0 Å². The average molecular weight is 233 g/mol. The van der Waals surface area contributed by atoms with Crippen LogP contribution in [0.4, 0.5) is 5.82 Å². The molecule has 80 valence electrons. The van der Waals surface area contributed by atoms with Gasteiger partial charge in [-0.05, 0) is 12.1 Å². The van der Waals surface area contributed by atoms with Gasteiger partial charge in [-0.2, -0.15) is 5.10 Å². The smallest absolute Gasteiger partial charge is 0.145 e. The molecule has 0 bridgehead atoms. The molecule has 0 fully saturated rings. The number of halogens is 1. The molecule has 2 aromatic heterocycles. The fraction of sp³-hybridized carbons (Fsp3) is 0. The third-order valence-electron chi connectivity index (χ3n) is 2.54. The zero-order valence-electron chi connectivity index (χ0n) is 8.29. The predicted octanol–water partition coefficient (Wildman–Crippen LogP) is 2.79. The van der Waals surface area contributed by atoms with E-state index in [0.29, 0.717) is 10.8 Å². The Labute approximate surface area is 96.4 Å². The van der Waals surface area contributed by atoms with Crippen LogP contribution in [0.15, 0.2) is 30.5 Å². The number of nitrogen functional groups attached to an aromatic ring is 1. The lowest BCUT2D eigenvalue weighted by atomic mass is 10.1. The first-order valence-corrected chi connectivity index (χ1v) is 5.20. The molecule has 2 heterocycles. The molecule has 0 unspecified atom stereocenters. The summed E-state index contributed by atoms with van der Waals surface area (Å²) in [6, 6.07) is 7.76. The van der Waals surface area contributed by atoms with Crippen LogP contribution in [0.5, 0.6) is 0 Å². The van der Waals surface area contributed by atoms with Crippen molar-refractivity contribution < 1.29 is 0 Å². The summed E-state index contributed by atoms with van der Waals surface area (Å²) in [7, 11) is 0. The number of hydrogen-bond acceptors (Lipinski definition) is 2. The normalized spacial score (nSPS) is 11.1. The van der Waals surface area contributed by atoms with Gasteiger partial charge < -0.3 is 10.7 Å². The van der Waals surface area contributed by atoms with Crippen molar-refractivity contribution in [2.24, 2.45) is 0 Å². The van der Waals surface area contributed by atoms with Crippen LogP contribution in [0, 0.1) is 0 Å². The quantitative estimate of drug-likeness (QED) is 0.604. The fourth-order valence-corrected chi connectivity index (χ4v) is 1.95. The van der Waals surface area contributed by atoms with Crippen molar-refractivity contribution in [3.8, 4) is 11.3 Å². The fourth-order valence-electron chi connectivity index (χ4n) is 1.74. The molecule has 0 aliphatic heterocycles. The number of fused-ring (bicyclic) bond motifs is 1. The maximum Gasteiger partial charge on any atom is 0.145 e. The van der Waals surface area contributed by atoms with Crippen molar-refractivity contribution in [1.82, 2.24) is 15.2 Å². The van der Waals surface area contributed by atoms with Crippen LogP contribution >= 0.6 is 11.6 Å². The van der Waals surface area contributed by atoms with Gasteiger partial charge in [0.05, 0.1) is 10.7 Å². The zero-order chi connectivity index (χ0) is 11.1. The monoisotopic (exact) mass is 232 g/mol. The summed E-state index contributed by atoms with van der Waals surface area (Å²) in [5, 5.41) is 8.47. The van der Waals surface area contributed by atoms with Gasteiger partial charge >= 0.3 is 0 Å². The molecule has 0 aliphatic carbocycles. The highest BCUT2D eigenvalue weighted by Gasteiger charge is 2.05. The maximum atomic E-state index is 6.06. The SMILES string of the molecule is Nc1cc(-c2ccc3[nH]cc(Cl)c3c2)[nH]n1. The van der Waals surface area contributed by atoms with Gasteiger partial charge in [0.25, 0.3) is 0 Å². The van der Waals surface area contributed by atoms with Crippen LogP contribution < -0.4 is 5.73 Å². The van der Waals surface area contributed by atoms with Gasteiger partial charge in [-0.25, -0.2) is 0 Å². The van der Waals surface area contributed by atoms with E-state index >= 15 is 0 Å². The number of hydrogen-bond donors (Lipinski definition) is 3. The summed E-state index contributed by atoms with van der Waals surface area (Å²) in [5.74, 6) is 0.482. The Balaban J connectivity index is 2.21. The molecule has 0 spiro atoms. The van der Waals surface area contributed by atoms with Crippen LogP contribution in [0.25, 0.3) is 22.2 Å². The van der Waals surface area contributed by atoms with Gasteiger partial charge in [-0.1, -0.05) is 17.7 Å². The second kappa shape index (κ2) is 3.28. The Morgan fingerprint density at radius 3 is 2.88 bits per heavy atom. The summed E-state index contributed by atoms with van der Waals surface area (Å²) >= 11 is 6.06. The summed E-state index contributed by atoms with van der Waals surface area (Å²) in [6.45, 7) is 0. The van der Waals surface area contributed by atoms with E-state index < -0.39 is 0 Å². The molecule has 4 nitrogen and oxygen atoms in total. The van der Waals surface area contributed by atoms with Gasteiger partial charge in [0.15, 0.2) is 0 Å². The first-order chi connectivity index (χ1) is 7.74. The van der Waals surface area contributed by atoms with Crippen LogP contribution in [0.3, 0.4) is 0 Å². The highest BCUT2D eigenvalue weighted by atomic mass is 35.5. The molecule has 0 saturated heterocycles. The number of nitrogens with one attached hydrogen (secondary N) is 2. The predicted molar refractivity (Wildman–Crippen MR) is 65.3 cm³/mol. The summed E-state index contributed by atoms with van der Waals surface area (Å²) < 4.78 is 0. The van der Waals surface area contributed by atoms with Crippen LogP contribution in [-0.2, 0) is 0 Å². The molecule has 0 aliphatic rings. The second-order valence-electron chi connectivity index (χ2n) is 3.60. The van der Waals surface area contributed by atoms with E-state index in [9.17, 15) is 0 Å². The Kier molecular flexibility index (Phi) is 1.91. The first-order valence-electron chi connectivity index (χ1n) is 4.82. The van der Waals surface area contributed by atoms with Crippen molar-refractivity contribution >= 4 is 28.3 Å². The van der Waals surface area contributed by atoms with Gasteiger partial charge in [-0.3, -0.25) is 5.10 Å². The third kappa shape index (κ3) is 1.35. The summed E-state index contributed by atoms with van der Waals surface area (Å²) in [6.07, 6.45) is 1.78. The minimum atomic E-state index is 0.482. The lowest BCUT2D eigenvalue weighted by Crippen LogP contribution is -1.81. The maximum absolute atomic E-state index is 6.06. The molecular formula is C11H9ClN4. The molecule has 0 saturated carbocycles. The number of benzene rings is 1. The van der Waals surface area contributed by atoms with Crippen molar-refractivity contribution in [3.63, 3.8) is 0 Å². The summed E-state index contributed by atoms with van der Waals surface area (Å²) in [4.78, 5) is 3.09. The van der Waals surface area contributed by atoms with E-state index in [1.165, 1.54) is 0 Å². The van der Waals surface area contributed by atoms with E-state index in [1.807, 2.05) is 18.2 Å². The molecule has 5 heteroatoms. The third-order valence-corrected chi connectivity index (χ3v) is 2.85. The summed E-state index contributed by atoms with van der Waals surface area (Å²) in [5.41, 5.74) is 8.48. The molecule has 1 aromatic carbocycles. The average Bonchev–Trinajstić information content (AvgIpc) is 2.86. The lowest BCUT2D eigenvalue weighted by Gasteiger charge is -1.97. The zero-order valence-corrected chi connectivity index (χ0v) is 9.05. The van der Waals surface area contributed by atoms with E-state index in [1.54, 1.807) is 12.3 Å².